The molecular formula is C21H33N3O. The van der Waals surface area contributed by atoms with Crippen molar-refractivity contribution in [1.29, 1.82) is 0 Å². The molecule has 3 rings (SSSR count). The van der Waals surface area contributed by atoms with E-state index in [1.165, 1.54) is 49.8 Å². The average molecular weight is 344 g/mol. The molecule has 1 unspecified atom stereocenters. The molecule has 1 fully saturated rings. The van der Waals surface area contributed by atoms with E-state index in [0.29, 0.717) is 12.0 Å². The van der Waals surface area contributed by atoms with Gasteiger partial charge in [0, 0.05) is 25.0 Å². The van der Waals surface area contributed by atoms with Crippen LogP contribution in [-0.4, -0.2) is 44.2 Å². The van der Waals surface area contributed by atoms with Gasteiger partial charge in [-0.1, -0.05) is 24.3 Å². The van der Waals surface area contributed by atoms with Gasteiger partial charge >= 0.3 is 6.03 Å². The van der Waals surface area contributed by atoms with E-state index in [9.17, 15) is 4.79 Å². The number of hydrogen-bond acceptors (Lipinski definition) is 2. The molecule has 0 spiro atoms. The molecule has 0 aliphatic heterocycles. The minimum absolute atomic E-state index is 0.0131. The fourth-order valence-corrected chi connectivity index (χ4v) is 4.52. The number of nitrogens with one attached hydrogen (secondary N) is 2. The summed E-state index contributed by atoms with van der Waals surface area (Å²) in [5, 5.41) is 6.32. The lowest BCUT2D eigenvalue weighted by molar-refractivity contribution is 0.215. The Hall–Kier alpha value is -1.55. The summed E-state index contributed by atoms with van der Waals surface area (Å²) in [6, 6.07) is 9.05. The zero-order chi connectivity index (χ0) is 17.6. The van der Waals surface area contributed by atoms with Gasteiger partial charge in [-0.2, -0.15) is 0 Å². The summed E-state index contributed by atoms with van der Waals surface area (Å²) < 4.78 is 0. The Kier molecular flexibility index (Phi) is 6.35. The highest BCUT2D eigenvalue weighted by molar-refractivity contribution is 5.74. The van der Waals surface area contributed by atoms with Gasteiger partial charge in [-0.15, -0.1) is 0 Å². The maximum Gasteiger partial charge on any atom is 0.315 e. The molecule has 1 saturated carbocycles. The van der Waals surface area contributed by atoms with Crippen LogP contribution in [0.1, 0.15) is 55.6 Å². The average Bonchev–Trinajstić information content (AvgIpc) is 2.61. The number of fused-ring (bicyclic) bond motifs is 1. The minimum Gasteiger partial charge on any atom is -0.338 e. The van der Waals surface area contributed by atoms with Crippen molar-refractivity contribution in [2.45, 2.75) is 56.9 Å². The number of amides is 2. The van der Waals surface area contributed by atoms with Gasteiger partial charge in [0.1, 0.15) is 0 Å². The highest BCUT2D eigenvalue weighted by Gasteiger charge is 2.24. The molecule has 4 heteroatoms. The maximum absolute atomic E-state index is 12.3. The fraction of sp³-hybridized carbons (Fsp3) is 0.667. The first kappa shape index (κ1) is 18.2. The molecule has 1 aromatic rings. The smallest absolute Gasteiger partial charge is 0.315 e. The third-order valence-corrected chi connectivity index (χ3v) is 5.81. The molecule has 1 atom stereocenters. The summed E-state index contributed by atoms with van der Waals surface area (Å²) in [7, 11) is 4.28. The van der Waals surface area contributed by atoms with E-state index in [2.05, 4.69) is 53.9 Å². The number of aryl methyl sites for hydroxylation is 1. The molecule has 0 radical (unpaired) electrons. The van der Waals surface area contributed by atoms with Crippen LogP contribution in [-0.2, 0) is 6.42 Å². The lowest BCUT2D eigenvalue weighted by Crippen LogP contribution is -2.45. The van der Waals surface area contributed by atoms with E-state index < -0.39 is 0 Å². The third kappa shape index (κ3) is 5.21. The van der Waals surface area contributed by atoms with Crippen molar-refractivity contribution in [1.82, 2.24) is 15.5 Å². The second-order valence-electron chi connectivity index (χ2n) is 8.12. The summed E-state index contributed by atoms with van der Waals surface area (Å²) in [4.78, 5) is 14.6. The SMILES string of the molecule is CN(C)CC1CCC(NC(=O)NCC2CCCc3ccccc32)CC1. The quantitative estimate of drug-likeness (QED) is 0.859. The predicted molar refractivity (Wildman–Crippen MR) is 103 cm³/mol. The van der Waals surface area contributed by atoms with Gasteiger partial charge in [-0.25, -0.2) is 4.79 Å². The van der Waals surface area contributed by atoms with Crippen LogP contribution in [0.25, 0.3) is 0 Å². The number of rotatable bonds is 5. The molecule has 0 aromatic heterocycles. The highest BCUT2D eigenvalue weighted by Crippen LogP contribution is 2.30. The molecule has 0 heterocycles. The zero-order valence-electron chi connectivity index (χ0n) is 15.8. The molecule has 0 bridgehead atoms. The molecule has 0 saturated heterocycles. The summed E-state index contributed by atoms with van der Waals surface area (Å²) in [6.07, 6.45) is 8.23. The van der Waals surface area contributed by atoms with Crippen molar-refractivity contribution in [3.8, 4) is 0 Å². The van der Waals surface area contributed by atoms with Gasteiger partial charge in [-0.05, 0) is 76.1 Å². The van der Waals surface area contributed by atoms with Crippen molar-refractivity contribution in [3.63, 3.8) is 0 Å². The predicted octanol–water partition coefficient (Wildman–Crippen LogP) is 3.53. The first-order valence-electron chi connectivity index (χ1n) is 9.88. The van der Waals surface area contributed by atoms with Gasteiger partial charge in [0.25, 0.3) is 0 Å². The standard InChI is InChI=1S/C21H33N3O/c1-24(2)15-16-10-12-19(13-11-16)23-21(25)22-14-18-8-5-7-17-6-3-4-9-20(17)18/h3-4,6,9,16,18-19H,5,7-8,10-15H2,1-2H3,(H2,22,23,25). The highest BCUT2D eigenvalue weighted by atomic mass is 16.2. The second-order valence-corrected chi connectivity index (χ2v) is 8.12. The van der Waals surface area contributed by atoms with E-state index in [1.807, 2.05) is 0 Å². The normalized spacial score (nSPS) is 26.1. The van der Waals surface area contributed by atoms with Gasteiger partial charge in [0.05, 0.1) is 0 Å². The zero-order valence-corrected chi connectivity index (χ0v) is 15.8. The van der Waals surface area contributed by atoms with Crippen molar-refractivity contribution in [2.24, 2.45) is 5.92 Å². The molecule has 138 valence electrons. The molecule has 2 aliphatic rings. The molecule has 1 aromatic carbocycles. The fourth-order valence-electron chi connectivity index (χ4n) is 4.52. The summed E-state index contributed by atoms with van der Waals surface area (Å²) in [6.45, 7) is 1.92. The third-order valence-electron chi connectivity index (χ3n) is 5.81. The molecule has 2 aliphatic carbocycles. The van der Waals surface area contributed by atoms with Gasteiger partial charge in [0.2, 0.25) is 0 Å². The van der Waals surface area contributed by atoms with E-state index >= 15 is 0 Å². The van der Waals surface area contributed by atoms with Crippen LogP contribution >= 0.6 is 0 Å². The Balaban J connectivity index is 1.41. The number of nitrogens with zero attached hydrogens (tertiary/aromatic N) is 1. The minimum atomic E-state index is 0.0131. The Morgan fingerprint density at radius 2 is 1.88 bits per heavy atom. The van der Waals surface area contributed by atoms with Crippen molar-refractivity contribution >= 4 is 6.03 Å². The van der Waals surface area contributed by atoms with Crippen molar-refractivity contribution in [3.05, 3.63) is 35.4 Å². The number of hydrogen-bond donors (Lipinski definition) is 2. The molecule has 2 N–H and O–H groups in total. The van der Waals surface area contributed by atoms with E-state index in [1.54, 1.807) is 0 Å². The molecule has 4 nitrogen and oxygen atoms in total. The Labute approximate surface area is 152 Å². The van der Waals surface area contributed by atoms with Crippen LogP contribution in [0.5, 0.6) is 0 Å². The Morgan fingerprint density at radius 1 is 1.12 bits per heavy atom. The van der Waals surface area contributed by atoms with E-state index in [4.69, 9.17) is 0 Å². The van der Waals surface area contributed by atoms with E-state index in [-0.39, 0.29) is 6.03 Å². The van der Waals surface area contributed by atoms with Crippen LogP contribution < -0.4 is 10.6 Å². The molecule has 2 amide bonds. The lowest BCUT2D eigenvalue weighted by Gasteiger charge is -2.31. The van der Waals surface area contributed by atoms with Crippen molar-refractivity contribution < 1.29 is 4.79 Å². The van der Waals surface area contributed by atoms with Crippen LogP contribution in [0.15, 0.2) is 24.3 Å². The Morgan fingerprint density at radius 3 is 2.64 bits per heavy atom. The van der Waals surface area contributed by atoms with Crippen LogP contribution in [0.3, 0.4) is 0 Å². The van der Waals surface area contributed by atoms with Gasteiger partial charge < -0.3 is 15.5 Å². The van der Waals surface area contributed by atoms with Crippen LogP contribution in [0, 0.1) is 5.92 Å². The Bertz CT molecular complexity index is 564. The summed E-state index contributed by atoms with van der Waals surface area (Å²) in [5.41, 5.74) is 2.89. The number of urea groups is 1. The van der Waals surface area contributed by atoms with Crippen LogP contribution in [0.2, 0.25) is 0 Å². The first-order valence-corrected chi connectivity index (χ1v) is 9.88. The number of carbonyl (C=O) groups is 1. The topological polar surface area (TPSA) is 44.4 Å². The van der Waals surface area contributed by atoms with Gasteiger partial charge in [0.15, 0.2) is 0 Å². The number of benzene rings is 1. The summed E-state index contributed by atoms with van der Waals surface area (Å²) >= 11 is 0. The number of carbonyl (C=O) groups excluding carboxylic acids is 1. The first-order chi connectivity index (χ1) is 12.1. The molecular weight excluding hydrogens is 310 g/mol. The maximum atomic E-state index is 12.3. The van der Waals surface area contributed by atoms with Crippen LogP contribution in [0.4, 0.5) is 4.79 Å². The lowest BCUT2D eigenvalue weighted by atomic mass is 9.83. The van der Waals surface area contributed by atoms with Crippen molar-refractivity contribution in [2.75, 3.05) is 27.2 Å². The molecule has 25 heavy (non-hydrogen) atoms. The monoisotopic (exact) mass is 343 g/mol. The van der Waals surface area contributed by atoms with E-state index in [0.717, 1.165) is 25.3 Å². The summed E-state index contributed by atoms with van der Waals surface area (Å²) in [5.74, 6) is 1.25. The second kappa shape index (κ2) is 8.70. The van der Waals surface area contributed by atoms with Gasteiger partial charge in [-0.3, -0.25) is 0 Å². The largest absolute Gasteiger partial charge is 0.338 e.